The number of carboxylic acids is 1. The van der Waals surface area contributed by atoms with Crippen LogP contribution in [0.15, 0.2) is 18.2 Å². The Hall–Kier alpha value is -1.33. The van der Waals surface area contributed by atoms with E-state index in [0.717, 1.165) is 6.07 Å². The highest BCUT2D eigenvalue weighted by molar-refractivity contribution is 6.32. The van der Waals surface area contributed by atoms with Crippen LogP contribution in [0.25, 0.3) is 0 Å². The largest absolute Gasteiger partial charge is 0.492 e. The van der Waals surface area contributed by atoms with Crippen LogP contribution < -0.4 is 4.74 Å². The molecule has 1 unspecified atom stereocenters. The van der Waals surface area contributed by atoms with Crippen molar-refractivity contribution < 1.29 is 23.8 Å². The van der Waals surface area contributed by atoms with E-state index in [1.807, 2.05) is 0 Å². The molecule has 0 aliphatic rings. The number of halogens is 2. The predicted molar refractivity (Wildman–Crippen MR) is 64.6 cm³/mol. The molecule has 0 aliphatic heterocycles. The fourth-order valence-electron chi connectivity index (χ4n) is 1.35. The van der Waals surface area contributed by atoms with E-state index < -0.39 is 17.9 Å². The third-order valence-corrected chi connectivity index (χ3v) is 2.47. The fourth-order valence-corrected chi connectivity index (χ4v) is 1.57. The van der Waals surface area contributed by atoms with Gasteiger partial charge in [0.2, 0.25) is 0 Å². The van der Waals surface area contributed by atoms with Crippen LogP contribution in [0.5, 0.6) is 5.75 Å². The van der Waals surface area contributed by atoms with Crippen molar-refractivity contribution >= 4 is 17.6 Å². The molecule has 0 amide bonds. The lowest BCUT2D eigenvalue weighted by Crippen LogP contribution is -2.26. The molecule has 0 saturated heterocycles. The monoisotopic (exact) mass is 276 g/mol. The third kappa shape index (κ3) is 4.50. The second-order valence-electron chi connectivity index (χ2n) is 3.49. The van der Waals surface area contributed by atoms with E-state index in [0.29, 0.717) is 12.4 Å². The molecular formula is C12H14ClFO4. The van der Waals surface area contributed by atoms with Gasteiger partial charge in [0.15, 0.2) is 6.10 Å². The lowest BCUT2D eigenvalue weighted by Gasteiger charge is -2.13. The summed E-state index contributed by atoms with van der Waals surface area (Å²) in [6.45, 7) is 2.16. The lowest BCUT2D eigenvalue weighted by molar-refractivity contribution is -0.150. The summed E-state index contributed by atoms with van der Waals surface area (Å²) in [7, 11) is 0. The highest BCUT2D eigenvalue weighted by Crippen LogP contribution is 2.25. The summed E-state index contributed by atoms with van der Waals surface area (Å²) in [6.07, 6.45) is -0.717. The highest BCUT2D eigenvalue weighted by atomic mass is 35.5. The molecule has 0 aliphatic carbocycles. The second kappa shape index (κ2) is 7.18. The molecule has 0 spiro atoms. The molecule has 0 radical (unpaired) electrons. The summed E-state index contributed by atoms with van der Waals surface area (Å²) < 4.78 is 23.1. The van der Waals surface area contributed by atoms with Gasteiger partial charge in [-0.3, -0.25) is 0 Å². The molecule has 1 aromatic rings. The van der Waals surface area contributed by atoms with Crippen molar-refractivity contribution in [3.8, 4) is 5.75 Å². The van der Waals surface area contributed by atoms with Gasteiger partial charge in [-0.05, 0) is 25.1 Å². The van der Waals surface area contributed by atoms with E-state index in [2.05, 4.69) is 0 Å². The Kier molecular flexibility index (Phi) is 5.88. The maximum atomic E-state index is 12.8. The number of rotatable bonds is 7. The van der Waals surface area contributed by atoms with Crippen LogP contribution in [0.4, 0.5) is 4.39 Å². The van der Waals surface area contributed by atoms with E-state index >= 15 is 0 Å². The number of benzene rings is 1. The third-order valence-electron chi connectivity index (χ3n) is 2.17. The maximum absolute atomic E-state index is 12.8. The molecule has 1 N–H and O–H groups in total. The van der Waals surface area contributed by atoms with E-state index in [1.165, 1.54) is 12.1 Å². The SMILES string of the molecule is CCOC(CCOc1ccc(F)cc1Cl)C(=O)O. The van der Waals surface area contributed by atoms with Crippen LogP contribution in [0.2, 0.25) is 5.02 Å². The van der Waals surface area contributed by atoms with Gasteiger partial charge in [0.05, 0.1) is 11.6 Å². The van der Waals surface area contributed by atoms with Crippen LogP contribution >= 0.6 is 11.6 Å². The van der Waals surface area contributed by atoms with Crippen molar-refractivity contribution in [2.24, 2.45) is 0 Å². The normalized spacial score (nSPS) is 12.2. The minimum Gasteiger partial charge on any atom is -0.492 e. The number of carboxylic acid groups (broad SMARTS) is 1. The van der Waals surface area contributed by atoms with E-state index in [-0.39, 0.29) is 18.1 Å². The topological polar surface area (TPSA) is 55.8 Å². The minimum absolute atomic E-state index is 0.127. The number of carbonyl (C=O) groups is 1. The number of hydrogen-bond donors (Lipinski definition) is 1. The number of ether oxygens (including phenoxy) is 2. The van der Waals surface area contributed by atoms with Crippen molar-refractivity contribution in [3.63, 3.8) is 0 Å². The average Bonchev–Trinajstić information content (AvgIpc) is 2.30. The van der Waals surface area contributed by atoms with Gasteiger partial charge in [-0.2, -0.15) is 0 Å². The minimum atomic E-state index is -1.04. The van der Waals surface area contributed by atoms with Gasteiger partial charge in [-0.25, -0.2) is 9.18 Å². The van der Waals surface area contributed by atoms with Gasteiger partial charge in [0.1, 0.15) is 11.6 Å². The van der Waals surface area contributed by atoms with E-state index in [9.17, 15) is 9.18 Å². The Morgan fingerprint density at radius 2 is 2.28 bits per heavy atom. The van der Waals surface area contributed by atoms with Crippen LogP contribution in [0, 0.1) is 5.82 Å². The molecule has 0 fully saturated rings. The summed E-state index contributed by atoms with van der Waals surface area (Å²) in [4.78, 5) is 10.8. The molecule has 0 aromatic heterocycles. The molecule has 1 aromatic carbocycles. The van der Waals surface area contributed by atoms with Gasteiger partial charge in [-0.1, -0.05) is 11.6 Å². The van der Waals surface area contributed by atoms with Crippen LogP contribution in [0.3, 0.4) is 0 Å². The van der Waals surface area contributed by atoms with E-state index in [1.54, 1.807) is 6.92 Å². The molecule has 1 atom stereocenters. The van der Waals surface area contributed by atoms with Crippen LogP contribution in [0.1, 0.15) is 13.3 Å². The second-order valence-corrected chi connectivity index (χ2v) is 3.90. The number of hydrogen-bond acceptors (Lipinski definition) is 3. The van der Waals surface area contributed by atoms with Crippen molar-refractivity contribution in [2.75, 3.05) is 13.2 Å². The molecule has 0 saturated carbocycles. The zero-order chi connectivity index (χ0) is 13.5. The van der Waals surface area contributed by atoms with Gasteiger partial charge in [-0.15, -0.1) is 0 Å². The molecule has 18 heavy (non-hydrogen) atoms. The van der Waals surface area contributed by atoms with Crippen LogP contribution in [-0.4, -0.2) is 30.4 Å². The first-order valence-electron chi connectivity index (χ1n) is 5.46. The van der Waals surface area contributed by atoms with Gasteiger partial charge in [0.25, 0.3) is 0 Å². The molecular weight excluding hydrogens is 263 g/mol. The molecule has 6 heteroatoms. The molecule has 4 nitrogen and oxygen atoms in total. The summed E-state index contributed by atoms with van der Waals surface area (Å²) in [5.41, 5.74) is 0. The Bertz CT molecular complexity index is 411. The van der Waals surface area contributed by atoms with Crippen molar-refractivity contribution in [3.05, 3.63) is 29.0 Å². The Morgan fingerprint density at radius 1 is 1.56 bits per heavy atom. The van der Waals surface area contributed by atoms with Gasteiger partial charge < -0.3 is 14.6 Å². The summed E-state index contributed by atoms with van der Waals surface area (Å²) >= 11 is 5.76. The zero-order valence-electron chi connectivity index (χ0n) is 9.86. The molecule has 1 rings (SSSR count). The quantitative estimate of drug-likeness (QED) is 0.832. The Labute approximate surface area is 109 Å². The number of aliphatic carboxylic acids is 1. The first kappa shape index (κ1) is 14.7. The fraction of sp³-hybridized carbons (Fsp3) is 0.417. The molecule has 0 heterocycles. The zero-order valence-corrected chi connectivity index (χ0v) is 10.6. The Morgan fingerprint density at radius 3 is 2.83 bits per heavy atom. The van der Waals surface area contributed by atoms with Crippen LogP contribution in [-0.2, 0) is 9.53 Å². The predicted octanol–water partition coefficient (Wildman–Crippen LogP) is 2.74. The molecule has 0 bridgehead atoms. The van der Waals surface area contributed by atoms with Gasteiger partial charge >= 0.3 is 5.97 Å². The smallest absolute Gasteiger partial charge is 0.332 e. The van der Waals surface area contributed by atoms with Gasteiger partial charge in [0, 0.05) is 13.0 Å². The first-order valence-corrected chi connectivity index (χ1v) is 5.84. The summed E-state index contributed by atoms with van der Waals surface area (Å²) in [5.74, 6) is -1.17. The Balaban J connectivity index is 2.47. The maximum Gasteiger partial charge on any atom is 0.332 e. The summed E-state index contributed by atoms with van der Waals surface area (Å²) in [5, 5.41) is 8.99. The summed E-state index contributed by atoms with van der Waals surface area (Å²) in [6, 6.07) is 3.75. The highest BCUT2D eigenvalue weighted by Gasteiger charge is 2.17. The van der Waals surface area contributed by atoms with Crippen molar-refractivity contribution in [1.29, 1.82) is 0 Å². The van der Waals surface area contributed by atoms with Crippen molar-refractivity contribution in [2.45, 2.75) is 19.4 Å². The van der Waals surface area contributed by atoms with Crippen molar-refractivity contribution in [1.82, 2.24) is 0 Å². The first-order chi connectivity index (χ1) is 8.54. The molecule has 100 valence electrons. The standard InChI is InChI=1S/C12H14ClFO4/c1-2-17-11(12(15)16)5-6-18-10-4-3-8(14)7-9(10)13/h3-4,7,11H,2,5-6H2,1H3,(H,15,16). The van der Waals surface area contributed by atoms with E-state index in [4.69, 9.17) is 26.2 Å². The lowest BCUT2D eigenvalue weighted by atomic mass is 10.2. The average molecular weight is 277 g/mol.